The third-order valence-corrected chi connectivity index (χ3v) is 2.01. The van der Waals surface area contributed by atoms with Crippen LogP contribution in [-0.4, -0.2) is 13.2 Å². The van der Waals surface area contributed by atoms with E-state index < -0.39 is 0 Å². The number of halogens is 1. The van der Waals surface area contributed by atoms with Gasteiger partial charge in [-0.2, -0.15) is 0 Å². The van der Waals surface area contributed by atoms with E-state index in [9.17, 15) is 4.39 Å². The standard InChI is InChI=1S/C11H16FN/c1-9-4-5-11(10(2)8-9)13-7-3-6-12/h4-5,8,13H,3,6-7H2,1-2H3. The molecule has 72 valence electrons. The van der Waals surface area contributed by atoms with Crippen molar-refractivity contribution in [2.24, 2.45) is 0 Å². The van der Waals surface area contributed by atoms with E-state index >= 15 is 0 Å². The van der Waals surface area contributed by atoms with Gasteiger partial charge in [-0.25, -0.2) is 0 Å². The molecule has 0 aliphatic carbocycles. The Kier molecular flexibility index (Phi) is 3.74. The van der Waals surface area contributed by atoms with Crippen molar-refractivity contribution in [3.8, 4) is 0 Å². The van der Waals surface area contributed by atoms with Crippen LogP contribution >= 0.6 is 0 Å². The molecule has 0 unspecified atom stereocenters. The molecule has 0 fully saturated rings. The third kappa shape index (κ3) is 3.05. The lowest BCUT2D eigenvalue weighted by atomic mass is 10.1. The van der Waals surface area contributed by atoms with Gasteiger partial charge in [-0.3, -0.25) is 4.39 Å². The molecule has 0 aliphatic rings. The van der Waals surface area contributed by atoms with Crippen LogP contribution in [0.4, 0.5) is 10.1 Å². The highest BCUT2D eigenvalue weighted by Gasteiger charge is 1.96. The van der Waals surface area contributed by atoms with Crippen LogP contribution in [0, 0.1) is 13.8 Å². The molecular weight excluding hydrogens is 165 g/mol. The fourth-order valence-corrected chi connectivity index (χ4v) is 1.30. The maximum absolute atomic E-state index is 11.8. The number of alkyl halides is 1. The van der Waals surface area contributed by atoms with Crippen LogP contribution in [0.2, 0.25) is 0 Å². The molecule has 0 amide bonds. The molecular formula is C11H16FN. The Labute approximate surface area is 79.0 Å². The molecule has 0 saturated heterocycles. The third-order valence-electron chi connectivity index (χ3n) is 2.01. The van der Waals surface area contributed by atoms with E-state index in [4.69, 9.17) is 0 Å². The van der Waals surface area contributed by atoms with E-state index in [1.807, 2.05) is 6.07 Å². The Morgan fingerprint density at radius 1 is 1.31 bits per heavy atom. The second-order valence-electron chi connectivity index (χ2n) is 3.29. The van der Waals surface area contributed by atoms with Gasteiger partial charge in [0.1, 0.15) is 0 Å². The van der Waals surface area contributed by atoms with Gasteiger partial charge in [0.2, 0.25) is 0 Å². The molecule has 0 atom stereocenters. The highest BCUT2D eigenvalue weighted by Crippen LogP contribution is 2.15. The molecule has 1 N–H and O–H groups in total. The van der Waals surface area contributed by atoms with Crippen molar-refractivity contribution in [1.29, 1.82) is 0 Å². The van der Waals surface area contributed by atoms with Crippen LogP contribution < -0.4 is 5.32 Å². The first-order chi connectivity index (χ1) is 6.24. The normalized spacial score (nSPS) is 10.1. The van der Waals surface area contributed by atoms with Gasteiger partial charge < -0.3 is 5.32 Å². The summed E-state index contributed by atoms with van der Waals surface area (Å²) in [4.78, 5) is 0. The summed E-state index contributed by atoms with van der Waals surface area (Å²) < 4.78 is 11.8. The molecule has 0 aromatic heterocycles. The van der Waals surface area contributed by atoms with Crippen molar-refractivity contribution < 1.29 is 4.39 Å². The van der Waals surface area contributed by atoms with Gasteiger partial charge in [-0.1, -0.05) is 17.7 Å². The van der Waals surface area contributed by atoms with Crippen LogP contribution in [0.15, 0.2) is 18.2 Å². The summed E-state index contributed by atoms with van der Waals surface area (Å²) in [6.07, 6.45) is 0.577. The quantitative estimate of drug-likeness (QED) is 0.704. The van der Waals surface area contributed by atoms with E-state index in [0.29, 0.717) is 13.0 Å². The lowest BCUT2D eigenvalue weighted by Crippen LogP contribution is -2.03. The second kappa shape index (κ2) is 4.85. The summed E-state index contributed by atoms with van der Waals surface area (Å²) in [6.45, 7) is 4.58. The van der Waals surface area contributed by atoms with Crippen LogP contribution in [0.3, 0.4) is 0 Å². The lowest BCUT2D eigenvalue weighted by molar-refractivity contribution is 0.481. The smallest absolute Gasteiger partial charge is 0.0911 e. The highest BCUT2D eigenvalue weighted by molar-refractivity contribution is 5.51. The Hall–Kier alpha value is -1.05. The first-order valence-electron chi connectivity index (χ1n) is 4.61. The molecule has 1 rings (SSSR count). The number of hydrogen-bond donors (Lipinski definition) is 1. The number of hydrogen-bond acceptors (Lipinski definition) is 1. The predicted molar refractivity (Wildman–Crippen MR) is 55.0 cm³/mol. The molecule has 0 heterocycles. The molecule has 1 nitrogen and oxygen atoms in total. The summed E-state index contributed by atoms with van der Waals surface area (Å²) >= 11 is 0. The first-order valence-corrected chi connectivity index (χ1v) is 4.61. The molecule has 0 spiro atoms. The van der Waals surface area contributed by atoms with E-state index in [2.05, 4.69) is 31.3 Å². The lowest BCUT2D eigenvalue weighted by Gasteiger charge is -2.08. The second-order valence-corrected chi connectivity index (χ2v) is 3.29. The SMILES string of the molecule is Cc1ccc(NCCCF)c(C)c1. The van der Waals surface area contributed by atoms with Crippen molar-refractivity contribution >= 4 is 5.69 Å². The molecule has 13 heavy (non-hydrogen) atoms. The van der Waals surface area contributed by atoms with Gasteiger partial charge in [0.05, 0.1) is 6.67 Å². The van der Waals surface area contributed by atoms with Crippen molar-refractivity contribution in [3.63, 3.8) is 0 Å². The van der Waals surface area contributed by atoms with Crippen LogP contribution in [-0.2, 0) is 0 Å². The highest BCUT2D eigenvalue weighted by atomic mass is 19.1. The Balaban J connectivity index is 2.56. The van der Waals surface area contributed by atoms with E-state index in [1.165, 1.54) is 11.1 Å². The molecule has 0 saturated carbocycles. The zero-order chi connectivity index (χ0) is 9.68. The number of nitrogens with one attached hydrogen (secondary N) is 1. The van der Waals surface area contributed by atoms with Crippen molar-refractivity contribution in [2.75, 3.05) is 18.5 Å². The van der Waals surface area contributed by atoms with E-state index in [-0.39, 0.29) is 6.67 Å². The summed E-state index contributed by atoms with van der Waals surface area (Å²) in [5, 5.41) is 3.20. The molecule has 1 aromatic carbocycles. The van der Waals surface area contributed by atoms with Crippen LogP contribution in [0.1, 0.15) is 17.5 Å². The van der Waals surface area contributed by atoms with E-state index in [0.717, 1.165) is 5.69 Å². The minimum Gasteiger partial charge on any atom is -0.385 e. The zero-order valence-electron chi connectivity index (χ0n) is 8.23. The largest absolute Gasteiger partial charge is 0.385 e. The number of rotatable bonds is 4. The first kappa shape index (κ1) is 10.0. The maximum atomic E-state index is 11.8. The van der Waals surface area contributed by atoms with Crippen molar-refractivity contribution in [3.05, 3.63) is 29.3 Å². The minimum atomic E-state index is -0.252. The molecule has 2 heteroatoms. The van der Waals surface area contributed by atoms with Gasteiger partial charge in [-0.05, 0) is 31.9 Å². The summed E-state index contributed by atoms with van der Waals surface area (Å²) in [5.41, 5.74) is 3.59. The summed E-state index contributed by atoms with van der Waals surface area (Å²) in [5.74, 6) is 0. The van der Waals surface area contributed by atoms with Gasteiger partial charge in [-0.15, -0.1) is 0 Å². The molecule has 0 radical (unpaired) electrons. The molecule has 1 aromatic rings. The van der Waals surface area contributed by atoms with Crippen LogP contribution in [0.25, 0.3) is 0 Å². The predicted octanol–water partition coefficient (Wildman–Crippen LogP) is 3.07. The number of anilines is 1. The maximum Gasteiger partial charge on any atom is 0.0911 e. The monoisotopic (exact) mass is 181 g/mol. The van der Waals surface area contributed by atoms with E-state index in [1.54, 1.807) is 0 Å². The van der Waals surface area contributed by atoms with Gasteiger partial charge in [0, 0.05) is 12.2 Å². The van der Waals surface area contributed by atoms with Crippen molar-refractivity contribution in [1.82, 2.24) is 0 Å². The van der Waals surface area contributed by atoms with Gasteiger partial charge in [0.25, 0.3) is 0 Å². The molecule has 0 aliphatic heterocycles. The summed E-state index contributed by atoms with van der Waals surface area (Å²) in [7, 11) is 0. The fraction of sp³-hybridized carbons (Fsp3) is 0.455. The Morgan fingerprint density at radius 2 is 2.08 bits per heavy atom. The van der Waals surface area contributed by atoms with Crippen LogP contribution in [0.5, 0.6) is 0 Å². The van der Waals surface area contributed by atoms with Gasteiger partial charge in [0.15, 0.2) is 0 Å². The number of aryl methyl sites for hydroxylation is 2. The Morgan fingerprint density at radius 3 is 2.69 bits per heavy atom. The summed E-state index contributed by atoms with van der Waals surface area (Å²) in [6, 6.07) is 6.23. The fourth-order valence-electron chi connectivity index (χ4n) is 1.30. The van der Waals surface area contributed by atoms with Crippen molar-refractivity contribution in [2.45, 2.75) is 20.3 Å². The average molecular weight is 181 g/mol. The molecule has 0 bridgehead atoms. The minimum absolute atomic E-state index is 0.252. The van der Waals surface area contributed by atoms with Gasteiger partial charge >= 0.3 is 0 Å². The topological polar surface area (TPSA) is 12.0 Å². The number of benzene rings is 1. The average Bonchev–Trinajstić information content (AvgIpc) is 2.09. The Bertz CT molecular complexity index is 271. The zero-order valence-corrected chi connectivity index (χ0v) is 8.23.